The molecule has 0 bridgehead atoms. The summed E-state index contributed by atoms with van der Waals surface area (Å²) in [6, 6.07) is 7.87. The Kier molecular flexibility index (Phi) is 3.17. The minimum absolute atomic E-state index is 0.0443. The first-order valence-corrected chi connectivity index (χ1v) is 5.66. The largest absolute Gasteiger partial charge is 0.497 e. The molecule has 0 aliphatic heterocycles. The van der Waals surface area contributed by atoms with Crippen LogP contribution in [0.3, 0.4) is 0 Å². The first-order chi connectivity index (χ1) is 7.72. The van der Waals surface area contributed by atoms with Crippen molar-refractivity contribution in [2.75, 3.05) is 14.2 Å². The number of ether oxygens (including phenoxy) is 2. The van der Waals surface area contributed by atoms with Gasteiger partial charge in [0.15, 0.2) is 0 Å². The van der Waals surface area contributed by atoms with Crippen molar-refractivity contribution < 1.29 is 9.47 Å². The maximum absolute atomic E-state index is 6.27. The Balaban J connectivity index is 2.16. The third kappa shape index (κ3) is 1.81. The van der Waals surface area contributed by atoms with Crippen molar-refractivity contribution in [3.63, 3.8) is 0 Å². The van der Waals surface area contributed by atoms with Gasteiger partial charge in [0.25, 0.3) is 0 Å². The molecule has 1 aromatic carbocycles. The molecule has 1 unspecified atom stereocenters. The Hall–Kier alpha value is -1.06. The van der Waals surface area contributed by atoms with Gasteiger partial charge in [0.1, 0.15) is 5.75 Å². The predicted molar refractivity (Wildman–Crippen MR) is 63.5 cm³/mol. The van der Waals surface area contributed by atoms with Crippen LogP contribution in [0.2, 0.25) is 0 Å². The predicted octanol–water partition coefficient (Wildman–Crippen LogP) is 2.26. The molecule has 1 fully saturated rings. The molecule has 0 heterocycles. The van der Waals surface area contributed by atoms with E-state index >= 15 is 0 Å². The van der Waals surface area contributed by atoms with Crippen molar-refractivity contribution in [2.45, 2.75) is 30.9 Å². The summed E-state index contributed by atoms with van der Waals surface area (Å²) in [6.07, 6.45) is 3.31. The molecule has 0 saturated heterocycles. The Morgan fingerprint density at radius 2 is 1.81 bits per heavy atom. The van der Waals surface area contributed by atoms with Crippen LogP contribution in [0.15, 0.2) is 24.3 Å². The van der Waals surface area contributed by atoms with Gasteiger partial charge in [-0.15, -0.1) is 0 Å². The first kappa shape index (κ1) is 11.4. The fourth-order valence-electron chi connectivity index (χ4n) is 2.28. The topological polar surface area (TPSA) is 44.5 Å². The van der Waals surface area contributed by atoms with Crippen LogP contribution in [0.4, 0.5) is 0 Å². The van der Waals surface area contributed by atoms with Crippen LogP contribution in [0.25, 0.3) is 0 Å². The maximum Gasteiger partial charge on any atom is 0.118 e. The van der Waals surface area contributed by atoms with Crippen LogP contribution in [0.5, 0.6) is 5.75 Å². The van der Waals surface area contributed by atoms with Crippen LogP contribution >= 0.6 is 0 Å². The van der Waals surface area contributed by atoms with Crippen molar-refractivity contribution >= 4 is 0 Å². The van der Waals surface area contributed by atoms with Gasteiger partial charge in [0.2, 0.25) is 0 Å². The molecule has 1 atom stereocenters. The lowest BCUT2D eigenvalue weighted by Gasteiger charge is -2.45. The molecule has 2 N–H and O–H groups in total. The minimum atomic E-state index is -0.144. The van der Waals surface area contributed by atoms with Gasteiger partial charge in [0, 0.05) is 7.11 Å². The van der Waals surface area contributed by atoms with E-state index in [4.69, 9.17) is 15.2 Å². The third-order valence-electron chi connectivity index (χ3n) is 3.65. The molecule has 1 aliphatic rings. The molecule has 3 nitrogen and oxygen atoms in total. The van der Waals surface area contributed by atoms with Gasteiger partial charge in [-0.25, -0.2) is 0 Å². The van der Waals surface area contributed by atoms with E-state index in [1.165, 1.54) is 6.42 Å². The van der Waals surface area contributed by atoms with Crippen molar-refractivity contribution in [1.29, 1.82) is 0 Å². The van der Waals surface area contributed by atoms with Crippen molar-refractivity contribution in [2.24, 2.45) is 5.73 Å². The van der Waals surface area contributed by atoms with E-state index in [9.17, 15) is 0 Å². The molecule has 0 amide bonds. The van der Waals surface area contributed by atoms with Crippen LogP contribution in [0, 0.1) is 0 Å². The second-order valence-electron chi connectivity index (χ2n) is 4.37. The summed E-state index contributed by atoms with van der Waals surface area (Å²) < 4.78 is 10.7. The Morgan fingerprint density at radius 1 is 1.19 bits per heavy atom. The van der Waals surface area contributed by atoms with Gasteiger partial charge in [0.05, 0.1) is 18.8 Å². The number of rotatable bonds is 4. The van der Waals surface area contributed by atoms with Gasteiger partial charge < -0.3 is 15.2 Å². The molecule has 0 radical (unpaired) electrons. The molecular weight excluding hydrogens is 202 g/mol. The van der Waals surface area contributed by atoms with Crippen LogP contribution in [0.1, 0.15) is 30.9 Å². The fourth-order valence-corrected chi connectivity index (χ4v) is 2.28. The average molecular weight is 221 g/mol. The van der Waals surface area contributed by atoms with Crippen LogP contribution in [-0.4, -0.2) is 19.8 Å². The minimum Gasteiger partial charge on any atom is -0.497 e. The van der Waals surface area contributed by atoms with E-state index in [2.05, 4.69) is 0 Å². The molecule has 0 spiro atoms. The van der Waals surface area contributed by atoms with Crippen molar-refractivity contribution in [1.82, 2.24) is 0 Å². The zero-order valence-electron chi connectivity index (χ0n) is 9.90. The molecule has 1 aromatic rings. The van der Waals surface area contributed by atoms with Gasteiger partial charge in [-0.3, -0.25) is 0 Å². The summed E-state index contributed by atoms with van der Waals surface area (Å²) in [5, 5.41) is 0. The van der Waals surface area contributed by atoms with Crippen LogP contribution < -0.4 is 10.5 Å². The molecule has 0 aromatic heterocycles. The second kappa shape index (κ2) is 4.44. The smallest absolute Gasteiger partial charge is 0.118 e. The van der Waals surface area contributed by atoms with E-state index in [0.29, 0.717) is 0 Å². The van der Waals surface area contributed by atoms with Gasteiger partial charge >= 0.3 is 0 Å². The molecule has 88 valence electrons. The molecule has 16 heavy (non-hydrogen) atoms. The average Bonchev–Trinajstić information content (AvgIpc) is 2.28. The number of hydrogen-bond acceptors (Lipinski definition) is 3. The zero-order valence-corrected chi connectivity index (χ0v) is 9.90. The molecular formula is C13H19NO2. The van der Waals surface area contributed by atoms with E-state index in [-0.39, 0.29) is 11.6 Å². The van der Waals surface area contributed by atoms with E-state index in [0.717, 1.165) is 24.2 Å². The van der Waals surface area contributed by atoms with E-state index in [1.54, 1.807) is 14.2 Å². The monoisotopic (exact) mass is 221 g/mol. The molecule has 3 heteroatoms. The third-order valence-corrected chi connectivity index (χ3v) is 3.65. The summed E-state index contributed by atoms with van der Waals surface area (Å²) in [7, 11) is 3.42. The summed E-state index contributed by atoms with van der Waals surface area (Å²) >= 11 is 0. The first-order valence-electron chi connectivity index (χ1n) is 5.66. The maximum atomic E-state index is 6.27. The number of nitrogens with two attached hydrogens (primary N) is 1. The number of methoxy groups -OCH3 is 2. The number of benzene rings is 1. The van der Waals surface area contributed by atoms with Gasteiger partial charge in [-0.05, 0) is 37.0 Å². The van der Waals surface area contributed by atoms with E-state index < -0.39 is 0 Å². The standard InChI is InChI=1S/C13H19NO2/c1-15-11-6-4-10(5-7-11)12(14)13(16-2)8-3-9-13/h4-7,12H,3,8-9,14H2,1-2H3. The summed E-state index contributed by atoms with van der Waals surface area (Å²) in [6.45, 7) is 0. The Bertz CT molecular complexity index is 338. The Morgan fingerprint density at radius 3 is 2.19 bits per heavy atom. The normalized spacial score (nSPS) is 19.9. The lowest BCUT2D eigenvalue weighted by atomic mass is 9.72. The summed E-state index contributed by atoms with van der Waals surface area (Å²) in [5.74, 6) is 0.857. The Labute approximate surface area is 96.5 Å². The highest BCUT2D eigenvalue weighted by molar-refractivity contribution is 5.31. The highest BCUT2D eigenvalue weighted by Crippen LogP contribution is 2.43. The molecule has 1 saturated carbocycles. The van der Waals surface area contributed by atoms with Crippen LogP contribution in [-0.2, 0) is 4.74 Å². The lowest BCUT2D eigenvalue weighted by molar-refractivity contribution is -0.0911. The molecule has 1 aliphatic carbocycles. The summed E-state index contributed by atoms with van der Waals surface area (Å²) in [4.78, 5) is 0. The SMILES string of the molecule is COc1ccc(C(N)C2(OC)CCC2)cc1. The highest BCUT2D eigenvalue weighted by Gasteiger charge is 2.43. The van der Waals surface area contributed by atoms with Gasteiger partial charge in [-0.2, -0.15) is 0 Å². The lowest BCUT2D eigenvalue weighted by Crippen LogP contribution is -2.48. The van der Waals surface area contributed by atoms with Crippen molar-refractivity contribution in [3.05, 3.63) is 29.8 Å². The number of hydrogen-bond donors (Lipinski definition) is 1. The van der Waals surface area contributed by atoms with Crippen molar-refractivity contribution in [3.8, 4) is 5.75 Å². The van der Waals surface area contributed by atoms with Gasteiger partial charge in [-0.1, -0.05) is 12.1 Å². The summed E-state index contributed by atoms with van der Waals surface area (Å²) in [5.41, 5.74) is 7.24. The quantitative estimate of drug-likeness (QED) is 0.848. The fraction of sp³-hybridized carbons (Fsp3) is 0.538. The van der Waals surface area contributed by atoms with E-state index in [1.807, 2.05) is 24.3 Å². The second-order valence-corrected chi connectivity index (χ2v) is 4.37. The zero-order chi connectivity index (χ0) is 11.6. The highest BCUT2D eigenvalue weighted by atomic mass is 16.5. The molecule has 2 rings (SSSR count).